The van der Waals surface area contributed by atoms with E-state index >= 15 is 0 Å². The Bertz CT molecular complexity index is 577. The first kappa shape index (κ1) is 27.2. The van der Waals surface area contributed by atoms with E-state index in [0.29, 0.717) is 13.0 Å². The van der Waals surface area contributed by atoms with Crippen molar-refractivity contribution in [3.05, 3.63) is 35.9 Å². The van der Waals surface area contributed by atoms with E-state index in [1.807, 2.05) is 30.3 Å². The highest BCUT2D eigenvalue weighted by Crippen LogP contribution is 2.11. The molecular weight excluding hydrogens is 388 g/mol. The molecule has 1 atom stereocenters. The molecule has 1 amide bonds. The molecule has 0 aliphatic carbocycles. The van der Waals surface area contributed by atoms with E-state index in [2.05, 4.69) is 12.2 Å². The third kappa shape index (κ3) is 15.6. The van der Waals surface area contributed by atoms with Crippen LogP contribution in [0.3, 0.4) is 0 Å². The summed E-state index contributed by atoms with van der Waals surface area (Å²) in [4.78, 5) is 23.9. The van der Waals surface area contributed by atoms with Crippen LogP contribution in [0, 0.1) is 0 Å². The third-order valence-corrected chi connectivity index (χ3v) is 5.57. The van der Waals surface area contributed by atoms with E-state index in [0.717, 1.165) is 18.4 Å². The second kappa shape index (κ2) is 18.9. The number of esters is 1. The minimum Gasteiger partial charge on any atom is -0.461 e. The third-order valence-electron chi connectivity index (χ3n) is 5.57. The largest absolute Gasteiger partial charge is 0.461 e. The van der Waals surface area contributed by atoms with Gasteiger partial charge in [0.25, 0.3) is 0 Å². The van der Waals surface area contributed by atoms with Gasteiger partial charge in [0.1, 0.15) is 6.61 Å². The summed E-state index contributed by atoms with van der Waals surface area (Å²) in [7, 11) is 0. The lowest BCUT2D eigenvalue weighted by atomic mass is 10.1. The zero-order valence-electron chi connectivity index (χ0n) is 19.6. The van der Waals surface area contributed by atoms with Gasteiger partial charge in [-0.2, -0.15) is 0 Å². The van der Waals surface area contributed by atoms with Crippen LogP contribution in [0.15, 0.2) is 30.3 Å². The van der Waals surface area contributed by atoms with Gasteiger partial charge in [0.15, 0.2) is 0 Å². The van der Waals surface area contributed by atoms with Crippen molar-refractivity contribution in [1.29, 1.82) is 0 Å². The Labute approximate surface area is 189 Å². The van der Waals surface area contributed by atoms with Gasteiger partial charge in [0.2, 0.25) is 5.91 Å². The van der Waals surface area contributed by atoms with Crippen molar-refractivity contribution in [2.45, 2.75) is 109 Å². The fourth-order valence-electron chi connectivity index (χ4n) is 3.52. The highest BCUT2D eigenvalue weighted by atomic mass is 16.5. The smallest absolute Gasteiger partial charge is 0.306 e. The van der Waals surface area contributed by atoms with Crippen molar-refractivity contribution < 1.29 is 14.3 Å². The number of benzene rings is 1. The first-order valence-electron chi connectivity index (χ1n) is 12.4. The van der Waals surface area contributed by atoms with Crippen LogP contribution in [0.5, 0.6) is 0 Å². The molecule has 0 spiro atoms. The lowest BCUT2D eigenvalue weighted by molar-refractivity contribution is -0.145. The molecule has 5 nitrogen and oxygen atoms in total. The molecule has 0 aliphatic rings. The number of rotatable bonds is 19. The maximum absolute atomic E-state index is 12.0. The summed E-state index contributed by atoms with van der Waals surface area (Å²) >= 11 is 0. The number of hydrogen-bond acceptors (Lipinski definition) is 4. The molecule has 0 saturated carbocycles. The van der Waals surface area contributed by atoms with Gasteiger partial charge in [0, 0.05) is 13.0 Å². The van der Waals surface area contributed by atoms with E-state index in [9.17, 15) is 9.59 Å². The van der Waals surface area contributed by atoms with Gasteiger partial charge < -0.3 is 15.8 Å². The topological polar surface area (TPSA) is 81.4 Å². The average Bonchev–Trinajstić information content (AvgIpc) is 2.79. The van der Waals surface area contributed by atoms with Crippen LogP contribution >= 0.6 is 0 Å². The lowest BCUT2D eigenvalue weighted by Gasteiger charge is -2.12. The first-order valence-corrected chi connectivity index (χ1v) is 12.4. The number of nitrogens with one attached hydrogen (secondary N) is 1. The number of ether oxygens (including phenoxy) is 1. The Kier molecular flexibility index (Phi) is 16.5. The number of hydrogen-bond donors (Lipinski definition) is 2. The molecule has 0 aliphatic heterocycles. The van der Waals surface area contributed by atoms with Crippen LogP contribution in [0.2, 0.25) is 0 Å². The molecular formula is C26H44N2O3. The molecule has 0 fully saturated rings. The Morgan fingerprint density at radius 3 is 2.00 bits per heavy atom. The molecule has 1 rings (SSSR count). The van der Waals surface area contributed by atoms with Crippen molar-refractivity contribution in [3.8, 4) is 0 Å². The number of carbonyl (C=O) groups excluding carboxylic acids is 2. The molecule has 1 aromatic carbocycles. The summed E-state index contributed by atoms with van der Waals surface area (Å²) in [6, 6.07) is 8.87. The monoisotopic (exact) mass is 432 g/mol. The maximum Gasteiger partial charge on any atom is 0.306 e. The van der Waals surface area contributed by atoms with Crippen molar-refractivity contribution in [2.75, 3.05) is 6.54 Å². The molecule has 0 heterocycles. The van der Waals surface area contributed by atoms with E-state index < -0.39 is 6.04 Å². The number of carbonyl (C=O) groups is 2. The second-order valence-corrected chi connectivity index (χ2v) is 8.47. The van der Waals surface area contributed by atoms with Crippen LogP contribution in [-0.2, 0) is 20.9 Å². The zero-order valence-corrected chi connectivity index (χ0v) is 19.6. The minimum absolute atomic E-state index is 0.153. The average molecular weight is 433 g/mol. The van der Waals surface area contributed by atoms with Crippen molar-refractivity contribution in [1.82, 2.24) is 5.32 Å². The van der Waals surface area contributed by atoms with Gasteiger partial charge in [-0.05, 0) is 18.4 Å². The predicted octanol–water partition coefficient (Wildman–Crippen LogP) is 5.65. The Morgan fingerprint density at radius 2 is 1.42 bits per heavy atom. The highest BCUT2D eigenvalue weighted by molar-refractivity contribution is 5.82. The Hall–Kier alpha value is -1.88. The van der Waals surface area contributed by atoms with Crippen LogP contribution in [0.1, 0.15) is 102 Å². The first-order chi connectivity index (χ1) is 15.1. The molecule has 0 radical (unpaired) electrons. The second-order valence-electron chi connectivity index (χ2n) is 8.47. The maximum atomic E-state index is 12.0. The summed E-state index contributed by atoms with van der Waals surface area (Å²) in [6.45, 7) is 3.16. The van der Waals surface area contributed by atoms with E-state index in [4.69, 9.17) is 10.5 Å². The summed E-state index contributed by atoms with van der Waals surface area (Å²) in [5.41, 5.74) is 6.84. The molecule has 176 valence electrons. The zero-order chi connectivity index (χ0) is 22.6. The predicted molar refractivity (Wildman–Crippen MR) is 128 cm³/mol. The molecule has 0 saturated heterocycles. The van der Waals surface area contributed by atoms with E-state index in [1.54, 1.807) is 0 Å². The molecule has 0 aromatic heterocycles. The van der Waals surface area contributed by atoms with Gasteiger partial charge in [-0.1, -0.05) is 108 Å². The van der Waals surface area contributed by atoms with Gasteiger partial charge in [-0.3, -0.25) is 9.59 Å². The number of unbranched alkanes of at least 4 members (excludes halogenated alkanes) is 11. The van der Waals surface area contributed by atoms with Crippen molar-refractivity contribution in [2.24, 2.45) is 5.73 Å². The van der Waals surface area contributed by atoms with Crippen LogP contribution in [-0.4, -0.2) is 24.5 Å². The molecule has 1 aromatic rings. The van der Waals surface area contributed by atoms with E-state index in [-0.39, 0.29) is 24.9 Å². The number of nitrogens with two attached hydrogens (primary N) is 1. The fourth-order valence-corrected chi connectivity index (χ4v) is 3.52. The summed E-state index contributed by atoms with van der Waals surface area (Å²) in [6.07, 6.45) is 16.0. The Balaban J connectivity index is 1.92. The van der Waals surface area contributed by atoms with Gasteiger partial charge in [-0.15, -0.1) is 0 Å². The highest BCUT2D eigenvalue weighted by Gasteiger charge is 2.15. The molecule has 31 heavy (non-hydrogen) atoms. The van der Waals surface area contributed by atoms with Crippen LogP contribution in [0.4, 0.5) is 0 Å². The molecule has 0 unspecified atom stereocenters. The Morgan fingerprint density at radius 1 is 0.871 bits per heavy atom. The van der Waals surface area contributed by atoms with Crippen molar-refractivity contribution >= 4 is 11.9 Å². The van der Waals surface area contributed by atoms with Gasteiger partial charge in [0.05, 0.1) is 6.04 Å². The summed E-state index contributed by atoms with van der Waals surface area (Å²) < 4.78 is 5.21. The standard InChI is InChI=1S/C26H44N2O3/c1-2-3-4-5-6-7-8-9-10-11-12-16-21-28-26(30)24(27)19-20-25(29)31-22-23-17-14-13-15-18-23/h13-15,17-18,24H,2-12,16,19-22,27H2,1H3,(H,28,30)/t24-/m0/s1. The number of amides is 1. The SMILES string of the molecule is CCCCCCCCCCCCCCNC(=O)[C@@H](N)CCC(=O)OCc1ccccc1. The quantitative estimate of drug-likeness (QED) is 0.218. The van der Waals surface area contributed by atoms with Crippen LogP contribution < -0.4 is 11.1 Å². The molecule has 5 heteroatoms. The molecule has 3 N–H and O–H groups in total. The minimum atomic E-state index is -0.665. The lowest BCUT2D eigenvalue weighted by Crippen LogP contribution is -2.41. The van der Waals surface area contributed by atoms with Crippen molar-refractivity contribution in [3.63, 3.8) is 0 Å². The summed E-state index contributed by atoms with van der Waals surface area (Å²) in [5, 5.41) is 2.88. The van der Waals surface area contributed by atoms with Gasteiger partial charge in [-0.25, -0.2) is 0 Å². The summed E-state index contributed by atoms with van der Waals surface area (Å²) in [5.74, 6) is -0.507. The molecule has 0 bridgehead atoms. The van der Waals surface area contributed by atoms with Gasteiger partial charge >= 0.3 is 5.97 Å². The normalized spacial score (nSPS) is 11.8. The fraction of sp³-hybridized carbons (Fsp3) is 0.692. The van der Waals surface area contributed by atoms with Crippen LogP contribution in [0.25, 0.3) is 0 Å². The van der Waals surface area contributed by atoms with E-state index in [1.165, 1.54) is 64.2 Å².